The highest BCUT2D eigenvalue weighted by Crippen LogP contribution is 2.30. The number of likely N-dealkylation sites (tertiary alicyclic amines) is 1. The van der Waals surface area contributed by atoms with Gasteiger partial charge in [0.25, 0.3) is 5.91 Å². The highest BCUT2D eigenvalue weighted by molar-refractivity contribution is 6.13. The second-order valence-corrected chi connectivity index (χ2v) is 7.35. The Morgan fingerprint density at radius 2 is 2.10 bits per heavy atom. The zero-order valence-corrected chi connectivity index (χ0v) is 16.4. The van der Waals surface area contributed by atoms with E-state index in [2.05, 4.69) is 20.4 Å². The van der Waals surface area contributed by atoms with Gasteiger partial charge in [0.1, 0.15) is 11.3 Å². The van der Waals surface area contributed by atoms with Crippen molar-refractivity contribution in [2.24, 2.45) is 0 Å². The highest BCUT2D eigenvalue weighted by Gasteiger charge is 2.29. The molecular weight excluding hydrogens is 402 g/mol. The second kappa shape index (κ2) is 7.27. The van der Waals surface area contributed by atoms with Gasteiger partial charge in [-0.3, -0.25) is 14.8 Å². The molecule has 11 nitrogen and oxygen atoms in total. The maximum atomic E-state index is 13.1. The number of benzene rings is 1. The lowest BCUT2D eigenvalue weighted by molar-refractivity contribution is 0.101. The normalized spacial score (nSPS) is 16.6. The SMILES string of the molecule is Nc1nccc2c1c(C(=O)Nc1nc3ccccc3o1)nn2[C@@H]1CCCN(C(=O)O)C1. The fourth-order valence-corrected chi connectivity index (χ4v) is 3.96. The Kier molecular flexibility index (Phi) is 4.42. The summed E-state index contributed by atoms with van der Waals surface area (Å²) >= 11 is 0. The number of carbonyl (C=O) groups excluding carboxylic acids is 1. The lowest BCUT2D eigenvalue weighted by Gasteiger charge is -2.31. The van der Waals surface area contributed by atoms with Gasteiger partial charge in [-0.2, -0.15) is 10.1 Å². The average Bonchev–Trinajstić information content (AvgIpc) is 3.35. The molecule has 1 aromatic carbocycles. The fourth-order valence-electron chi connectivity index (χ4n) is 3.96. The molecule has 1 atom stereocenters. The standard InChI is InChI=1S/C20H19N7O4/c21-17-15-13(7-8-22-17)27(11-4-3-9-26(10-11)20(29)30)25-16(15)18(28)24-19-23-12-5-1-2-6-14(12)31-19/h1-2,5-8,11H,3-4,9-10H2,(H2,21,22)(H,29,30)(H,23,24,28)/t11-/m1/s1. The zero-order valence-electron chi connectivity index (χ0n) is 16.4. The molecule has 4 N–H and O–H groups in total. The van der Waals surface area contributed by atoms with Gasteiger partial charge in [0.15, 0.2) is 11.3 Å². The lowest BCUT2D eigenvalue weighted by atomic mass is 10.1. The number of pyridine rings is 1. The summed E-state index contributed by atoms with van der Waals surface area (Å²) in [5, 5.41) is 16.9. The number of rotatable bonds is 3. The Bertz CT molecular complexity index is 1280. The van der Waals surface area contributed by atoms with Gasteiger partial charge in [-0.05, 0) is 31.0 Å². The van der Waals surface area contributed by atoms with Crippen LogP contribution in [0.1, 0.15) is 29.4 Å². The van der Waals surface area contributed by atoms with Crippen molar-refractivity contribution in [3.8, 4) is 0 Å². The van der Waals surface area contributed by atoms with Gasteiger partial charge in [0, 0.05) is 19.3 Å². The Morgan fingerprint density at radius 3 is 2.90 bits per heavy atom. The first-order chi connectivity index (χ1) is 15.0. The van der Waals surface area contributed by atoms with E-state index in [1.165, 1.54) is 11.1 Å². The number of fused-ring (bicyclic) bond motifs is 2. The van der Waals surface area contributed by atoms with Gasteiger partial charge >= 0.3 is 12.1 Å². The molecule has 1 aliphatic rings. The van der Waals surface area contributed by atoms with Gasteiger partial charge in [-0.1, -0.05) is 12.1 Å². The Balaban J connectivity index is 1.52. The van der Waals surface area contributed by atoms with Crippen LogP contribution < -0.4 is 11.1 Å². The van der Waals surface area contributed by atoms with Gasteiger partial charge in [0.2, 0.25) is 0 Å². The van der Waals surface area contributed by atoms with Crippen LogP contribution >= 0.6 is 0 Å². The molecule has 11 heteroatoms. The van der Waals surface area contributed by atoms with E-state index in [4.69, 9.17) is 10.2 Å². The number of aromatic nitrogens is 4. The van der Waals surface area contributed by atoms with Crippen molar-refractivity contribution in [3.05, 3.63) is 42.2 Å². The highest BCUT2D eigenvalue weighted by atomic mass is 16.4. The van der Waals surface area contributed by atoms with Crippen LogP contribution in [0.25, 0.3) is 22.0 Å². The minimum atomic E-state index is -0.976. The molecule has 0 saturated carbocycles. The van der Waals surface area contributed by atoms with Crippen molar-refractivity contribution in [1.82, 2.24) is 24.6 Å². The number of nitrogen functional groups attached to an aromatic ring is 1. The maximum absolute atomic E-state index is 13.1. The van der Waals surface area contributed by atoms with Crippen LogP contribution in [0.4, 0.5) is 16.6 Å². The number of hydrogen-bond donors (Lipinski definition) is 3. The zero-order chi connectivity index (χ0) is 21.5. The number of para-hydroxylation sites is 2. The quantitative estimate of drug-likeness (QED) is 0.456. The maximum Gasteiger partial charge on any atom is 0.407 e. The third kappa shape index (κ3) is 3.29. The van der Waals surface area contributed by atoms with Crippen LogP contribution in [-0.2, 0) is 0 Å². The molecule has 0 unspecified atom stereocenters. The van der Waals surface area contributed by atoms with E-state index in [-0.39, 0.29) is 30.1 Å². The van der Waals surface area contributed by atoms with Crippen LogP contribution in [0, 0.1) is 0 Å². The van der Waals surface area contributed by atoms with Crippen LogP contribution in [0.2, 0.25) is 0 Å². The fraction of sp³-hybridized carbons (Fsp3) is 0.250. The largest absolute Gasteiger partial charge is 0.465 e. The van der Waals surface area contributed by atoms with Crippen molar-refractivity contribution in [3.63, 3.8) is 0 Å². The predicted octanol–water partition coefficient (Wildman–Crippen LogP) is 2.72. The Hall–Kier alpha value is -4.15. The summed E-state index contributed by atoms with van der Waals surface area (Å²) < 4.78 is 7.24. The van der Waals surface area contributed by atoms with Crippen molar-refractivity contribution in [2.75, 3.05) is 24.1 Å². The molecule has 4 heterocycles. The van der Waals surface area contributed by atoms with Crippen molar-refractivity contribution in [2.45, 2.75) is 18.9 Å². The van der Waals surface area contributed by atoms with E-state index in [1.807, 2.05) is 12.1 Å². The van der Waals surface area contributed by atoms with Crippen LogP contribution in [0.5, 0.6) is 0 Å². The van der Waals surface area contributed by atoms with Gasteiger partial charge in [-0.15, -0.1) is 0 Å². The van der Waals surface area contributed by atoms with Gasteiger partial charge in [0.05, 0.1) is 16.9 Å². The number of nitrogens with one attached hydrogen (secondary N) is 1. The number of oxazole rings is 1. The average molecular weight is 421 g/mol. The molecule has 3 aromatic heterocycles. The predicted molar refractivity (Wildman–Crippen MR) is 112 cm³/mol. The Labute approximate surface area is 175 Å². The summed E-state index contributed by atoms with van der Waals surface area (Å²) in [6.07, 6.45) is 1.99. The summed E-state index contributed by atoms with van der Waals surface area (Å²) in [6.45, 7) is 0.750. The third-order valence-electron chi connectivity index (χ3n) is 5.39. The number of amides is 2. The smallest absolute Gasteiger partial charge is 0.407 e. The van der Waals surface area contributed by atoms with Crippen LogP contribution in [0.15, 0.2) is 40.9 Å². The summed E-state index contributed by atoms with van der Waals surface area (Å²) in [6, 6.07) is 8.70. The van der Waals surface area contributed by atoms with Crippen molar-refractivity contribution in [1.29, 1.82) is 0 Å². The monoisotopic (exact) mass is 421 g/mol. The molecule has 4 aromatic rings. The second-order valence-electron chi connectivity index (χ2n) is 7.35. The first-order valence-corrected chi connectivity index (χ1v) is 9.79. The summed E-state index contributed by atoms with van der Waals surface area (Å²) in [7, 11) is 0. The number of carboxylic acid groups (broad SMARTS) is 1. The molecule has 1 fully saturated rings. The van der Waals surface area contributed by atoms with E-state index in [9.17, 15) is 14.7 Å². The molecule has 31 heavy (non-hydrogen) atoms. The number of hydrogen-bond acceptors (Lipinski definition) is 7. The van der Waals surface area contributed by atoms with Gasteiger partial charge < -0.3 is 20.2 Å². The molecule has 0 spiro atoms. The molecule has 0 radical (unpaired) electrons. The molecule has 1 aliphatic heterocycles. The van der Waals surface area contributed by atoms with E-state index in [0.29, 0.717) is 35.0 Å². The van der Waals surface area contributed by atoms with Crippen LogP contribution in [-0.4, -0.2) is 54.8 Å². The molecule has 2 amide bonds. The van der Waals surface area contributed by atoms with Crippen LogP contribution in [0.3, 0.4) is 0 Å². The molecule has 158 valence electrons. The molecule has 1 saturated heterocycles. The topological polar surface area (TPSA) is 152 Å². The number of anilines is 2. The summed E-state index contributed by atoms with van der Waals surface area (Å²) in [4.78, 5) is 34.2. The molecule has 0 bridgehead atoms. The van der Waals surface area contributed by atoms with Gasteiger partial charge in [-0.25, -0.2) is 9.78 Å². The van der Waals surface area contributed by atoms with Crippen molar-refractivity contribution < 1.29 is 19.1 Å². The molecule has 5 rings (SSSR count). The van der Waals surface area contributed by atoms with E-state index >= 15 is 0 Å². The van der Waals surface area contributed by atoms with E-state index < -0.39 is 12.0 Å². The Morgan fingerprint density at radius 1 is 1.26 bits per heavy atom. The summed E-state index contributed by atoms with van der Waals surface area (Å²) in [5.41, 5.74) is 7.94. The minimum Gasteiger partial charge on any atom is -0.465 e. The molecule has 0 aliphatic carbocycles. The van der Waals surface area contributed by atoms with E-state index in [0.717, 1.165) is 6.42 Å². The summed E-state index contributed by atoms with van der Waals surface area (Å²) in [5.74, 6) is -0.377. The van der Waals surface area contributed by atoms with Crippen molar-refractivity contribution >= 4 is 45.8 Å². The number of nitrogens with two attached hydrogens (primary N) is 1. The minimum absolute atomic E-state index is 0.0473. The first-order valence-electron chi connectivity index (χ1n) is 9.79. The number of nitrogens with zero attached hydrogens (tertiary/aromatic N) is 5. The van der Waals surface area contributed by atoms with E-state index in [1.54, 1.807) is 22.9 Å². The lowest BCUT2D eigenvalue weighted by Crippen LogP contribution is -2.40. The number of carbonyl (C=O) groups is 2. The first kappa shape index (κ1) is 18.9. The molecular formula is C20H19N7O4. The number of piperidine rings is 1. The third-order valence-corrected chi connectivity index (χ3v) is 5.39.